The molecule has 0 bridgehead atoms. The molecule has 0 fully saturated rings. The first-order valence-electron chi connectivity index (χ1n) is 11.5. The van der Waals surface area contributed by atoms with Crippen molar-refractivity contribution >= 4 is 23.3 Å². The van der Waals surface area contributed by atoms with E-state index in [2.05, 4.69) is 17.3 Å². The molecule has 2 nitrogen and oxygen atoms in total. The highest BCUT2D eigenvalue weighted by atomic mass is 32.2. The summed E-state index contributed by atoms with van der Waals surface area (Å²) in [5.41, 5.74) is 0.896. The number of benzene rings is 2. The van der Waals surface area contributed by atoms with Crippen LogP contribution in [0.25, 0.3) is 0 Å². The number of ether oxygens (including phenoxy) is 1. The van der Waals surface area contributed by atoms with E-state index in [0.29, 0.717) is 5.90 Å². The van der Waals surface area contributed by atoms with E-state index in [1.807, 2.05) is 78.5 Å². The Morgan fingerprint density at radius 2 is 1.33 bits per heavy atom. The molecule has 0 amide bonds. The van der Waals surface area contributed by atoms with Crippen molar-refractivity contribution in [1.82, 2.24) is 0 Å². The van der Waals surface area contributed by atoms with Crippen molar-refractivity contribution in [3.8, 4) is 5.75 Å². The van der Waals surface area contributed by atoms with Crippen molar-refractivity contribution in [2.24, 2.45) is 4.99 Å². The van der Waals surface area contributed by atoms with Gasteiger partial charge in [-0.15, -0.1) is 11.8 Å². The average molecular weight is 424 g/mol. The lowest BCUT2D eigenvalue weighted by atomic mass is 10.1. The van der Waals surface area contributed by atoms with E-state index in [4.69, 9.17) is 4.74 Å². The van der Waals surface area contributed by atoms with Crippen LogP contribution < -0.4 is 4.74 Å². The summed E-state index contributed by atoms with van der Waals surface area (Å²) in [7, 11) is 0. The lowest BCUT2D eigenvalue weighted by Gasteiger charge is -2.05. The molecule has 30 heavy (non-hydrogen) atoms. The fourth-order valence-corrected chi connectivity index (χ4v) is 3.90. The molecular formula is C27H37NOS. The van der Waals surface area contributed by atoms with E-state index < -0.39 is 0 Å². The van der Waals surface area contributed by atoms with Crippen LogP contribution in [0, 0.1) is 0 Å². The lowest BCUT2D eigenvalue weighted by Crippen LogP contribution is -2.04. The van der Waals surface area contributed by atoms with Gasteiger partial charge in [-0.25, -0.2) is 4.99 Å². The van der Waals surface area contributed by atoms with Crippen LogP contribution >= 0.6 is 11.8 Å². The lowest BCUT2D eigenvalue weighted by molar-refractivity contribution is 0.556. The molecular weight excluding hydrogens is 386 g/mol. The van der Waals surface area contributed by atoms with Gasteiger partial charge in [0.15, 0.2) is 0 Å². The third-order valence-corrected chi connectivity index (χ3v) is 5.74. The summed E-state index contributed by atoms with van der Waals surface area (Å²) in [4.78, 5) is 4.64. The molecule has 0 aliphatic heterocycles. The fraction of sp³-hybridized carbons (Fsp3) is 0.444. The van der Waals surface area contributed by atoms with Gasteiger partial charge in [-0.2, -0.15) is 0 Å². The quantitative estimate of drug-likeness (QED) is 0.162. The van der Waals surface area contributed by atoms with Crippen LogP contribution in [0.5, 0.6) is 5.75 Å². The zero-order chi connectivity index (χ0) is 21.1. The Bertz CT molecular complexity index is 712. The van der Waals surface area contributed by atoms with Gasteiger partial charge in [0, 0.05) is 6.08 Å². The van der Waals surface area contributed by atoms with Crippen LogP contribution in [-0.2, 0) is 0 Å². The second kappa shape index (κ2) is 16.8. The minimum absolute atomic E-state index is 0.614. The van der Waals surface area contributed by atoms with E-state index >= 15 is 0 Å². The molecule has 0 saturated heterocycles. The molecule has 0 aliphatic rings. The number of hydrogen-bond acceptors (Lipinski definition) is 3. The zero-order valence-electron chi connectivity index (χ0n) is 18.5. The van der Waals surface area contributed by atoms with Crippen molar-refractivity contribution in [2.75, 3.05) is 5.75 Å². The molecule has 0 aromatic heterocycles. The summed E-state index contributed by atoms with van der Waals surface area (Å²) in [6.07, 6.45) is 15.8. The monoisotopic (exact) mass is 423 g/mol. The highest BCUT2D eigenvalue weighted by molar-refractivity contribution is 8.02. The van der Waals surface area contributed by atoms with Crippen LogP contribution in [0.3, 0.4) is 0 Å². The smallest absolute Gasteiger partial charge is 0.220 e. The van der Waals surface area contributed by atoms with Gasteiger partial charge in [0.05, 0.1) is 5.69 Å². The summed E-state index contributed by atoms with van der Waals surface area (Å²) in [6, 6.07) is 19.8. The Morgan fingerprint density at radius 1 is 0.767 bits per heavy atom. The number of rotatable bonds is 15. The molecule has 2 aromatic carbocycles. The Morgan fingerprint density at radius 3 is 1.97 bits per heavy atom. The molecule has 3 heteroatoms. The molecule has 0 spiro atoms. The topological polar surface area (TPSA) is 21.6 Å². The Balaban J connectivity index is 1.66. The minimum Gasteiger partial charge on any atom is -0.439 e. The van der Waals surface area contributed by atoms with Gasteiger partial charge in [-0.1, -0.05) is 101 Å². The summed E-state index contributed by atoms with van der Waals surface area (Å²) in [6.45, 7) is 2.28. The molecule has 0 atom stereocenters. The predicted molar refractivity (Wildman–Crippen MR) is 134 cm³/mol. The van der Waals surface area contributed by atoms with Crippen molar-refractivity contribution in [1.29, 1.82) is 0 Å². The van der Waals surface area contributed by atoms with Gasteiger partial charge < -0.3 is 4.74 Å². The minimum atomic E-state index is 0.614. The third-order valence-electron chi connectivity index (χ3n) is 4.88. The van der Waals surface area contributed by atoms with Gasteiger partial charge >= 0.3 is 0 Å². The molecule has 0 unspecified atom stereocenters. The highest BCUT2D eigenvalue weighted by Crippen LogP contribution is 2.16. The van der Waals surface area contributed by atoms with Crippen LogP contribution in [0.1, 0.15) is 71.1 Å². The van der Waals surface area contributed by atoms with E-state index in [-0.39, 0.29) is 0 Å². The van der Waals surface area contributed by atoms with E-state index in [1.165, 1.54) is 64.2 Å². The van der Waals surface area contributed by atoms with Crippen LogP contribution in [0.2, 0.25) is 0 Å². The van der Waals surface area contributed by atoms with Crippen molar-refractivity contribution in [2.45, 2.75) is 71.1 Å². The molecule has 0 radical (unpaired) electrons. The molecule has 0 N–H and O–H groups in total. The molecule has 0 saturated carbocycles. The van der Waals surface area contributed by atoms with Crippen LogP contribution in [0.15, 0.2) is 77.1 Å². The highest BCUT2D eigenvalue weighted by Gasteiger charge is 2.00. The second-order valence-corrected chi connectivity index (χ2v) is 8.57. The SMILES string of the molecule is CCCCCCCCCCCCSC=CC(=Nc1ccccc1)Oc1ccccc1. The van der Waals surface area contributed by atoms with Crippen molar-refractivity contribution in [3.63, 3.8) is 0 Å². The van der Waals surface area contributed by atoms with Gasteiger partial charge in [0.2, 0.25) is 5.90 Å². The summed E-state index contributed by atoms with van der Waals surface area (Å²) in [5, 5.41) is 2.11. The predicted octanol–water partition coefficient (Wildman–Crippen LogP) is 8.96. The maximum atomic E-state index is 5.98. The summed E-state index contributed by atoms with van der Waals surface area (Å²) >= 11 is 1.84. The number of aliphatic imine (C=N–C) groups is 1. The molecule has 0 heterocycles. The first-order valence-corrected chi connectivity index (χ1v) is 12.6. The average Bonchev–Trinajstić information content (AvgIpc) is 2.78. The number of para-hydroxylation sites is 2. The van der Waals surface area contributed by atoms with Crippen LogP contribution in [0.4, 0.5) is 5.69 Å². The van der Waals surface area contributed by atoms with Crippen molar-refractivity contribution in [3.05, 3.63) is 72.1 Å². The van der Waals surface area contributed by atoms with Crippen molar-refractivity contribution < 1.29 is 4.74 Å². The molecule has 2 aromatic rings. The number of hydrogen-bond donors (Lipinski definition) is 0. The number of nitrogens with zero attached hydrogens (tertiary/aromatic N) is 1. The second-order valence-electron chi connectivity index (χ2n) is 7.56. The van der Waals surface area contributed by atoms with Gasteiger partial charge in [-0.3, -0.25) is 0 Å². The maximum Gasteiger partial charge on any atom is 0.220 e. The first kappa shape index (κ1) is 24.3. The zero-order valence-corrected chi connectivity index (χ0v) is 19.3. The van der Waals surface area contributed by atoms with E-state index in [1.54, 1.807) is 0 Å². The molecule has 2 rings (SSSR count). The number of unbranched alkanes of at least 4 members (excludes halogenated alkanes) is 9. The standard InChI is InChI=1S/C27H37NOS/c1-2-3-4-5-6-7-8-9-10-17-23-30-24-22-27(28-25-18-13-11-14-19-25)29-26-20-15-12-16-21-26/h11-16,18-22,24H,2-10,17,23H2,1H3. The molecule has 0 aliphatic carbocycles. The van der Waals surface area contributed by atoms with Gasteiger partial charge in [0.25, 0.3) is 0 Å². The summed E-state index contributed by atoms with van der Waals surface area (Å²) < 4.78 is 5.98. The van der Waals surface area contributed by atoms with E-state index in [0.717, 1.165) is 17.2 Å². The van der Waals surface area contributed by atoms with E-state index in [9.17, 15) is 0 Å². The third kappa shape index (κ3) is 11.9. The fourth-order valence-electron chi connectivity index (χ4n) is 3.18. The number of thioether (sulfide) groups is 1. The Labute approximate surface area is 187 Å². The molecule has 162 valence electrons. The normalized spacial score (nSPS) is 11.8. The summed E-state index contributed by atoms with van der Waals surface area (Å²) in [5.74, 6) is 2.57. The van der Waals surface area contributed by atoms with Crippen LogP contribution in [-0.4, -0.2) is 11.7 Å². The maximum absolute atomic E-state index is 5.98. The first-order chi connectivity index (χ1) is 14.9. The van der Waals surface area contributed by atoms with Gasteiger partial charge in [-0.05, 0) is 41.8 Å². The largest absolute Gasteiger partial charge is 0.439 e. The van der Waals surface area contributed by atoms with Gasteiger partial charge in [0.1, 0.15) is 5.75 Å². The Hall–Kier alpha value is -2.00. The Kier molecular flexibility index (Phi) is 13.6.